The Morgan fingerprint density at radius 3 is 2.61 bits per heavy atom. The van der Waals surface area contributed by atoms with Gasteiger partial charge in [0.2, 0.25) is 0 Å². The Hall–Kier alpha value is -1.61. The molecule has 2 aromatic rings. The van der Waals surface area contributed by atoms with Gasteiger partial charge in [-0.15, -0.1) is 0 Å². The van der Waals surface area contributed by atoms with Gasteiger partial charge in [0.1, 0.15) is 5.75 Å². The van der Waals surface area contributed by atoms with Crippen molar-refractivity contribution in [2.45, 2.75) is 19.8 Å². The Labute approximate surface area is 112 Å². The minimum absolute atomic E-state index is 0.471. The summed E-state index contributed by atoms with van der Waals surface area (Å²) < 4.78 is 9.51. The second-order valence-electron chi connectivity index (χ2n) is 4.45. The largest absolute Gasteiger partial charge is 0.496 e. The fourth-order valence-electron chi connectivity index (χ4n) is 1.80. The zero-order valence-electron chi connectivity index (χ0n) is 10.9. The Bertz CT molecular complexity index is 529. The van der Waals surface area contributed by atoms with Gasteiger partial charge in [0.15, 0.2) is 0 Å². The first kappa shape index (κ1) is 12.8. The lowest BCUT2D eigenvalue weighted by atomic mass is 10.00. The van der Waals surface area contributed by atoms with Crippen LogP contribution in [0, 0.1) is 0 Å². The van der Waals surface area contributed by atoms with E-state index in [2.05, 4.69) is 48.6 Å². The molecular formula is C15H17NOS. The molecule has 1 aromatic heterocycles. The minimum atomic E-state index is 0.471. The van der Waals surface area contributed by atoms with Crippen LogP contribution >= 0.6 is 11.5 Å². The molecule has 0 aliphatic heterocycles. The smallest absolute Gasteiger partial charge is 0.122 e. The quantitative estimate of drug-likeness (QED) is 0.809. The molecule has 0 N–H and O–H groups in total. The topological polar surface area (TPSA) is 22.1 Å². The first-order valence-electron chi connectivity index (χ1n) is 5.96. The molecule has 18 heavy (non-hydrogen) atoms. The number of aromatic nitrogens is 1. The molecule has 0 spiro atoms. The van der Waals surface area contributed by atoms with Gasteiger partial charge in [-0.3, -0.25) is 0 Å². The minimum Gasteiger partial charge on any atom is -0.496 e. The Morgan fingerprint density at radius 2 is 2.00 bits per heavy atom. The van der Waals surface area contributed by atoms with Gasteiger partial charge in [0, 0.05) is 17.1 Å². The van der Waals surface area contributed by atoms with Crippen LogP contribution in [0.2, 0.25) is 0 Å². The van der Waals surface area contributed by atoms with Gasteiger partial charge in [-0.25, -0.2) is 4.37 Å². The Morgan fingerprint density at radius 1 is 1.22 bits per heavy atom. The molecule has 0 saturated heterocycles. The van der Waals surface area contributed by atoms with E-state index in [-0.39, 0.29) is 0 Å². The van der Waals surface area contributed by atoms with E-state index in [9.17, 15) is 0 Å². The molecule has 0 aliphatic rings. The van der Waals surface area contributed by atoms with E-state index in [1.807, 2.05) is 11.6 Å². The summed E-state index contributed by atoms with van der Waals surface area (Å²) in [6, 6.07) is 6.33. The van der Waals surface area contributed by atoms with Crippen molar-refractivity contribution in [3.05, 3.63) is 46.5 Å². The van der Waals surface area contributed by atoms with E-state index in [0.717, 1.165) is 16.9 Å². The molecule has 0 fully saturated rings. The van der Waals surface area contributed by atoms with Gasteiger partial charge in [-0.2, -0.15) is 0 Å². The second-order valence-corrected chi connectivity index (χ2v) is 5.10. The maximum absolute atomic E-state index is 5.44. The van der Waals surface area contributed by atoms with Gasteiger partial charge < -0.3 is 4.74 Å². The summed E-state index contributed by atoms with van der Waals surface area (Å²) in [6.45, 7) is 4.34. The third-order valence-electron chi connectivity index (χ3n) is 2.80. The number of hydrogen-bond donors (Lipinski definition) is 0. The molecule has 0 aliphatic carbocycles. The first-order valence-corrected chi connectivity index (χ1v) is 6.79. The molecule has 0 bridgehead atoms. The molecule has 0 radical (unpaired) electrons. The third-order valence-corrected chi connectivity index (χ3v) is 3.40. The molecule has 94 valence electrons. The average molecular weight is 259 g/mol. The SMILES string of the molecule is COc1cc(/C=C/c2cnsc2)ccc1C(C)C. The second kappa shape index (κ2) is 5.83. The average Bonchev–Trinajstić information content (AvgIpc) is 2.88. The van der Waals surface area contributed by atoms with Gasteiger partial charge in [0.25, 0.3) is 0 Å². The van der Waals surface area contributed by atoms with Crippen LogP contribution in [-0.4, -0.2) is 11.5 Å². The van der Waals surface area contributed by atoms with Crippen molar-refractivity contribution in [3.8, 4) is 5.75 Å². The van der Waals surface area contributed by atoms with E-state index < -0.39 is 0 Å². The van der Waals surface area contributed by atoms with Crippen molar-refractivity contribution >= 4 is 23.7 Å². The van der Waals surface area contributed by atoms with E-state index in [0.29, 0.717) is 5.92 Å². The van der Waals surface area contributed by atoms with Gasteiger partial charge in [0.05, 0.1) is 7.11 Å². The van der Waals surface area contributed by atoms with Gasteiger partial charge in [-0.05, 0) is 34.6 Å². The molecule has 0 atom stereocenters. The Kier molecular flexibility index (Phi) is 4.15. The summed E-state index contributed by atoms with van der Waals surface area (Å²) >= 11 is 1.46. The van der Waals surface area contributed by atoms with E-state index in [4.69, 9.17) is 4.74 Å². The maximum atomic E-state index is 5.44. The lowest BCUT2D eigenvalue weighted by Crippen LogP contribution is -1.94. The maximum Gasteiger partial charge on any atom is 0.122 e. The van der Waals surface area contributed by atoms with Crippen LogP contribution < -0.4 is 4.74 Å². The number of nitrogens with zero attached hydrogens (tertiary/aromatic N) is 1. The molecule has 0 amide bonds. The van der Waals surface area contributed by atoms with Crippen LogP contribution in [0.15, 0.2) is 29.8 Å². The van der Waals surface area contributed by atoms with Crippen LogP contribution in [0.4, 0.5) is 0 Å². The molecule has 0 saturated carbocycles. The fraction of sp³-hybridized carbons (Fsp3) is 0.267. The molecule has 0 unspecified atom stereocenters. The zero-order valence-corrected chi connectivity index (χ0v) is 11.7. The summed E-state index contributed by atoms with van der Waals surface area (Å²) in [4.78, 5) is 0. The molecule has 1 heterocycles. The molecule has 1 aromatic carbocycles. The highest BCUT2D eigenvalue weighted by atomic mass is 32.1. The zero-order chi connectivity index (χ0) is 13.0. The van der Waals surface area contributed by atoms with Crippen molar-refractivity contribution in [3.63, 3.8) is 0 Å². The van der Waals surface area contributed by atoms with E-state index in [1.165, 1.54) is 17.1 Å². The highest BCUT2D eigenvalue weighted by molar-refractivity contribution is 7.03. The van der Waals surface area contributed by atoms with E-state index >= 15 is 0 Å². The van der Waals surface area contributed by atoms with Crippen LogP contribution in [0.5, 0.6) is 5.75 Å². The summed E-state index contributed by atoms with van der Waals surface area (Å²) in [5, 5.41) is 2.02. The molecule has 2 nitrogen and oxygen atoms in total. The summed E-state index contributed by atoms with van der Waals surface area (Å²) in [7, 11) is 1.72. The highest BCUT2D eigenvalue weighted by Gasteiger charge is 2.06. The molecule has 2 rings (SSSR count). The van der Waals surface area contributed by atoms with Crippen LogP contribution in [0.25, 0.3) is 12.2 Å². The predicted octanol–water partition coefficient (Wildman–Crippen LogP) is 4.45. The summed E-state index contributed by atoms with van der Waals surface area (Å²) in [5.41, 5.74) is 3.52. The van der Waals surface area contributed by atoms with Gasteiger partial charge >= 0.3 is 0 Å². The van der Waals surface area contributed by atoms with Crippen LogP contribution in [0.3, 0.4) is 0 Å². The Balaban J connectivity index is 2.25. The number of ether oxygens (including phenoxy) is 1. The number of hydrogen-bond acceptors (Lipinski definition) is 3. The molecular weight excluding hydrogens is 242 g/mol. The monoisotopic (exact) mass is 259 g/mol. The van der Waals surface area contributed by atoms with Crippen molar-refractivity contribution in [2.75, 3.05) is 7.11 Å². The van der Waals surface area contributed by atoms with E-state index in [1.54, 1.807) is 7.11 Å². The lowest BCUT2D eigenvalue weighted by molar-refractivity contribution is 0.407. The van der Waals surface area contributed by atoms with Crippen molar-refractivity contribution < 1.29 is 4.74 Å². The highest BCUT2D eigenvalue weighted by Crippen LogP contribution is 2.27. The number of methoxy groups -OCH3 is 1. The van der Waals surface area contributed by atoms with Crippen molar-refractivity contribution in [1.29, 1.82) is 0 Å². The predicted molar refractivity (Wildman–Crippen MR) is 78.1 cm³/mol. The standard InChI is InChI=1S/C15H17NOS/c1-11(2)14-7-6-12(8-15(14)17-3)4-5-13-9-16-18-10-13/h4-11H,1-3H3/b5-4+. The molecule has 3 heteroatoms. The van der Waals surface area contributed by atoms with Crippen LogP contribution in [0.1, 0.15) is 36.5 Å². The van der Waals surface area contributed by atoms with Gasteiger partial charge in [-0.1, -0.05) is 38.1 Å². The first-order chi connectivity index (χ1) is 8.70. The van der Waals surface area contributed by atoms with Crippen molar-refractivity contribution in [2.24, 2.45) is 0 Å². The number of benzene rings is 1. The fourth-order valence-corrected chi connectivity index (χ4v) is 2.30. The lowest BCUT2D eigenvalue weighted by Gasteiger charge is -2.12. The third kappa shape index (κ3) is 2.99. The summed E-state index contributed by atoms with van der Waals surface area (Å²) in [6.07, 6.45) is 6.00. The van der Waals surface area contributed by atoms with Crippen molar-refractivity contribution in [1.82, 2.24) is 4.37 Å². The van der Waals surface area contributed by atoms with Crippen LogP contribution in [-0.2, 0) is 0 Å². The summed E-state index contributed by atoms with van der Waals surface area (Å²) in [5.74, 6) is 1.43. The number of rotatable bonds is 4. The normalized spacial score (nSPS) is 11.3.